The Morgan fingerprint density at radius 2 is 0.588 bits per heavy atom. The summed E-state index contributed by atoms with van der Waals surface area (Å²) in [6, 6.07) is 93.6. The van der Waals surface area contributed by atoms with E-state index < -0.39 is 0 Å². The molecule has 6 heterocycles. The van der Waals surface area contributed by atoms with E-state index in [4.69, 9.17) is 18.3 Å². The lowest BCUT2D eigenvalue weighted by molar-refractivity contribution is 0.483. The highest BCUT2D eigenvalue weighted by atomic mass is 16.5. The molecule has 0 N–H and O–H groups in total. The number of benzene rings is 11. The van der Waals surface area contributed by atoms with Gasteiger partial charge in [-0.15, -0.1) is 0 Å². The second-order valence-electron chi connectivity index (χ2n) is 20.7. The molecule has 11 aromatic carbocycles. The van der Waals surface area contributed by atoms with Crippen LogP contribution in [0.3, 0.4) is 0 Å². The van der Waals surface area contributed by atoms with Crippen molar-refractivity contribution in [1.29, 1.82) is 0 Å². The molecule has 0 unspecified atom stereocenters. The van der Waals surface area contributed by atoms with Crippen LogP contribution in [0.1, 0.15) is 0 Å². The number of furan rings is 2. The molecule has 13 aromatic rings. The SMILES string of the molecule is c1ccc(Oc2cc3c4c(c2)N(c2ccccc2)c2c(oc5ccccc25)B4c2cc4c(cc2N3c2ccccc2)N(c2ccccc2)c2cc(Oc3ccccc3)cc3c2B4c2oc4ccccc4c2N3c2ccccc2)cc1. The minimum absolute atomic E-state index is 0.361. The van der Waals surface area contributed by atoms with Gasteiger partial charge in [-0.2, -0.15) is 0 Å². The maximum atomic E-state index is 7.37. The molecular formula is C70H44B2N4O4. The van der Waals surface area contributed by atoms with Crippen molar-refractivity contribution < 1.29 is 18.3 Å². The Morgan fingerprint density at radius 3 is 0.963 bits per heavy atom. The summed E-state index contributed by atoms with van der Waals surface area (Å²) < 4.78 is 28.6. The summed E-state index contributed by atoms with van der Waals surface area (Å²) in [5.74, 6) is 2.92. The van der Waals surface area contributed by atoms with E-state index >= 15 is 0 Å². The average molecular weight is 1030 g/mol. The van der Waals surface area contributed by atoms with Crippen molar-refractivity contribution in [2.45, 2.75) is 0 Å². The number of rotatable bonds is 8. The van der Waals surface area contributed by atoms with Gasteiger partial charge in [0.25, 0.3) is 13.4 Å². The molecule has 0 bridgehead atoms. The van der Waals surface area contributed by atoms with Crippen LogP contribution in [-0.2, 0) is 0 Å². The minimum Gasteiger partial charge on any atom is -0.468 e. The van der Waals surface area contributed by atoms with Crippen LogP contribution < -0.4 is 62.2 Å². The molecule has 0 radical (unpaired) electrons. The van der Waals surface area contributed by atoms with E-state index in [0.29, 0.717) is 11.5 Å². The first-order valence-electron chi connectivity index (χ1n) is 27.1. The van der Waals surface area contributed by atoms with Gasteiger partial charge in [-0.05, 0) is 125 Å². The molecule has 0 fully saturated rings. The molecule has 0 aliphatic carbocycles. The van der Waals surface area contributed by atoms with Crippen molar-refractivity contribution in [1.82, 2.24) is 0 Å². The van der Waals surface area contributed by atoms with Gasteiger partial charge in [0, 0.05) is 91.9 Å². The molecule has 10 heteroatoms. The molecular weight excluding hydrogens is 982 g/mol. The quantitative estimate of drug-likeness (QED) is 0.140. The molecule has 80 heavy (non-hydrogen) atoms. The zero-order chi connectivity index (χ0) is 52.4. The highest BCUT2D eigenvalue weighted by molar-refractivity contribution is 7.02. The topological polar surface area (TPSA) is 57.7 Å². The first-order valence-corrected chi connectivity index (χ1v) is 27.1. The molecule has 17 rings (SSSR count). The van der Waals surface area contributed by atoms with Gasteiger partial charge >= 0.3 is 0 Å². The molecule has 0 saturated heterocycles. The highest BCUT2D eigenvalue weighted by Gasteiger charge is 2.52. The summed E-state index contributed by atoms with van der Waals surface area (Å²) in [6.07, 6.45) is 0. The lowest BCUT2D eigenvalue weighted by atomic mass is 9.32. The Balaban J connectivity index is 1.01. The van der Waals surface area contributed by atoms with Crippen molar-refractivity contribution in [3.05, 3.63) is 267 Å². The second-order valence-corrected chi connectivity index (χ2v) is 20.7. The van der Waals surface area contributed by atoms with Crippen molar-refractivity contribution in [2.24, 2.45) is 0 Å². The maximum Gasteiger partial charge on any atom is 0.297 e. The summed E-state index contributed by atoms with van der Waals surface area (Å²) in [4.78, 5) is 9.64. The second kappa shape index (κ2) is 17.5. The lowest BCUT2D eigenvalue weighted by Crippen LogP contribution is -2.65. The molecule has 0 spiro atoms. The van der Waals surface area contributed by atoms with Gasteiger partial charge in [-0.1, -0.05) is 140 Å². The lowest BCUT2D eigenvalue weighted by Gasteiger charge is -2.45. The fourth-order valence-electron chi connectivity index (χ4n) is 13.1. The van der Waals surface area contributed by atoms with E-state index in [9.17, 15) is 0 Å². The summed E-state index contributed by atoms with van der Waals surface area (Å²) in [6.45, 7) is -0.721. The Kier molecular flexibility index (Phi) is 9.73. The van der Waals surface area contributed by atoms with Gasteiger partial charge in [0.2, 0.25) is 0 Å². The number of para-hydroxylation sites is 8. The third kappa shape index (κ3) is 6.66. The Hall–Kier alpha value is -10.6. The number of hydrogen-bond donors (Lipinski definition) is 0. The highest BCUT2D eigenvalue weighted by Crippen LogP contribution is 2.52. The van der Waals surface area contributed by atoms with Crippen LogP contribution in [0.4, 0.5) is 68.2 Å². The molecule has 2 aromatic heterocycles. The largest absolute Gasteiger partial charge is 0.468 e. The molecule has 0 amide bonds. The van der Waals surface area contributed by atoms with Gasteiger partial charge in [0.15, 0.2) is 0 Å². The van der Waals surface area contributed by atoms with E-state index in [1.807, 2.05) is 60.7 Å². The smallest absolute Gasteiger partial charge is 0.297 e. The van der Waals surface area contributed by atoms with Crippen LogP contribution >= 0.6 is 0 Å². The fourth-order valence-corrected chi connectivity index (χ4v) is 13.1. The van der Waals surface area contributed by atoms with Crippen LogP contribution in [0.15, 0.2) is 276 Å². The maximum absolute atomic E-state index is 7.37. The predicted octanol–water partition coefficient (Wildman–Crippen LogP) is 14.9. The van der Waals surface area contributed by atoms with Crippen LogP contribution in [0.25, 0.3) is 21.9 Å². The number of ether oxygens (including phenoxy) is 2. The fraction of sp³-hybridized carbons (Fsp3) is 0. The Bertz CT molecular complexity index is 4290. The van der Waals surface area contributed by atoms with Gasteiger partial charge in [0.1, 0.15) is 34.2 Å². The number of anilines is 12. The van der Waals surface area contributed by atoms with Gasteiger partial charge in [-0.3, -0.25) is 0 Å². The van der Waals surface area contributed by atoms with Crippen LogP contribution in [0.2, 0.25) is 0 Å². The van der Waals surface area contributed by atoms with Crippen LogP contribution in [0, 0.1) is 0 Å². The third-order valence-corrected chi connectivity index (χ3v) is 16.2. The zero-order valence-electron chi connectivity index (χ0n) is 43.0. The summed E-state index contributed by atoms with van der Waals surface area (Å²) in [5.41, 5.74) is 19.9. The molecule has 4 aliphatic rings. The van der Waals surface area contributed by atoms with Gasteiger partial charge in [-0.25, -0.2) is 0 Å². The predicted molar refractivity (Wildman–Crippen MR) is 327 cm³/mol. The van der Waals surface area contributed by atoms with E-state index in [2.05, 4.69) is 226 Å². The summed E-state index contributed by atoms with van der Waals surface area (Å²) >= 11 is 0. The molecule has 8 nitrogen and oxygen atoms in total. The van der Waals surface area contributed by atoms with Crippen molar-refractivity contribution >= 4 is 137 Å². The summed E-state index contributed by atoms with van der Waals surface area (Å²) in [7, 11) is 0. The molecule has 374 valence electrons. The van der Waals surface area contributed by atoms with E-state index in [1.165, 1.54) is 0 Å². The number of nitrogens with zero attached hydrogens (tertiary/aromatic N) is 4. The molecule has 0 atom stereocenters. The average Bonchev–Trinajstić information content (AvgIpc) is 2.59. The minimum atomic E-state index is -0.361. The van der Waals surface area contributed by atoms with Crippen LogP contribution in [-0.4, -0.2) is 13.4 Å². The molecule has 4 aliphatic heterocycles. The van der Waals surface area contributed by atoms with Crippen molar-refractivity contribution in [2.75, 3.05) is 19.6 Å². The van der Waals surface area contributed by atoms with Crippen LogP contribution in [0.5, 0.6) is 23.0 Å². The van der Waals surface area contributed by atoms with Crippen molar-refractivity contribution in [3.8, 4) is 23.0 Å². The first kappa shape index (κ1) is 44.5. The normalized spacial score (nSPS) is 13.3. The van der Waals surface area contributed by atoms with Gasteiger partial charge in [0.05, 0.1) is 22.7 Å². The standard InChI is InChI=1S/C70H44B2N4O4/c1-7-23-45(24-8-1)73-57-44-58-56(43-55(57)71-65-59(73)39-51(77-49-31-15-5-16-32-49)41-61(65)75(47-27-11-3-12-28-47)67-53-35-19-21-37-63(53)79-69(67)71)72-66-60(74(58)46-25-9-2-10-26-46)40-52(78-50-33-17-6-18-34-50)42-62(66)76(48-29-13-4-14-30-48)68-54-36-20-22-38-64(54)80-70(68)72/h1-44H. The van der Waals surface area contributed by atoms with Gasteiger partial charge < -0.3 is 37.9 Å². The summed E-state index contributed by atoms with van der Waals surface area (Å²) in [5, 5.41) is 2.06. The van der Waals surface area contributed by atoms with Crippen molar-refractivity contribution in [3.63, 3.8) is 0 Å². The Morgan fingerprint density at radius 1 is 0.275 bits per heavy atom. The number of fused-ring (bicyclic) bond motifs is 12. The first-order chi connectivity index (χ1) is 39.7. The Labute approximate surface area is 462 Å². The number of hydrogen-bond acceptors (Lipinski definition) is 8. The molecule has 0 saturated carbocycles. The monoisotopic (exact) mass is 1030 g/mol. The van der Waals surface area contributed by atoms with E-state index in [-0.39, 0.29) is 13.4 Å². The van der Waals surface area contributed by atoms with E-state index in [1.54, 1.807) is 0 Å². The zero-order valence-corrected chi connectivity index (χ0v) is 43.0. The third-order valence-electron chi connectivity index (χ3n) is 16.2. The van der Waals surface area contributed by atoms with E-state index in [0.717, 1.165) is 135 Å².